The van der Waals surface area contributed by atoms with Gasteiger partial charge in [0.1, 0.15) is 5.75 Å². The van der Waals surface area contributed by atoms with Crippen LogP contribution in [0.2, 0.25) is 0 Å². The standard InChI is InChI=1S/C12H19NO4/c1-17-11-4-2-3-10(5-11)6-13-12(7-14,8-15)9-16/h2-5,13-16H,6-9H2,1H3. The minimum Gasteiger partial charge on any atom is -0.497 e. The third-order valence-corrected chi connectivity index (χ3v) is 2.71. The highest BCUT2D eigenvalue weighted by Crippen LogP contribution is 2.13. The van der Waals surface area contributed by atoms with E-state index in [-0.39, 0.29) is 19.8 Å². The number of hydrogen-bond donors (Lipinski definition) is 4. The summed E-state index contributed by atoms with van der Waals surface area (Å²) in [6.45, 7) is -0.559. The van der Waals surface area contributed by atoms with Gasteiger partial charge in [0.05, 0.1) is 32.5 Å². The molecule has 0 heterocycles. The molecule has 0 aromatic heterocycles. The van der Waals surface area contributed by atoms with Gasteiger partial charge in [-0.15, -0.1) is 0 Å². The molecule has 1 aromatic carbocycles. The lowest BCUT2D eigenvalue weighted by Crippen LogP contribution is -2.54. The summed E-state index contributed by atoms with van der Waals surface area (Å²) in [6, 6.07) is 7.44. The van der Waals surface area contributed by atoms with Crippen LogP contribution in [0.3, 0.4) is 0 Å². The maximum Gasteiger partial charge on any atom is 0.119 e. The van der Waals surface area contributed by atoms with Gasteiger partial charge < -0.3 is 25.4 Å². The molecule has 0 spiro atoms. The molecule has 0 saturated carbocycles. The number of aliphatic hydroxyl groups is 3. The van der Waals surface area contributed by atoms with Crippen LogP contribution in [-0.2, 0) is 6.54 Å². The van der Waals surface area contributed by atoms with Crippen molar-refractivity contribution < 1.29 is 20.1 Å². The van der Waals surface area contributed by atoms with E-state index >= 15 is 0 Å². The van der Waals surface area contributed by atoms with Crippen molar-refractivity contribution in [2.45, 2.75) is 12.1 Å². The van der Waals surface area contributed by atoms with E-state index in [1.165, 1.54) is 0 Å². The van der Waals surface area contributed by atoms with Gasteiger partial charge in [-0.2, -0.15) is 0 Å². The number of hydrogen-bond acceptors (Lipinski definition) is 5. The van der Waals surface area contributed by atoms with E-state index in [1.807, 2.05) is 24.3 Å². The van der Waals surface area contributed by atoms with Crippen molar-refractivity contribution in [1.29, 1.82) is 0 Å². The van der Waals surface area contributed by atoms with E-state index in [1.54, 1.807) is 7.11 Å². The summed E-state index contributed by atoms with van der Waals surface area (Å²) < 4.78 is 5.09. The van der Waals surface area contributed by atoms with Crippen LogP contribution in [0, 0.1) is 0 Å². The van der Waals surface area contributed by atoms with Crippen LogP contribution in [0.4, 0.5) is 0 Å². The largest absolute Gasteiger partial charge is 0.497 e. The Morgan fingerprint density at radius 1 is 1.18 bits per heavy atom. The fraction of sp³-hybridized carbons (Fsp3) is 0.500. The predicted molar refractivity (Wildman–Crippen MR) is 63.8 cm³/mol. The smallest absolute Gasteiger partial charge is 0.119 e. The number of benzene rings is 1. The first-order valence-corrected chi connectivity index (χ1v) is 5.40. The number of ether oxygens (including phenoxy) is 1. The van der Waals surface area contributed by atoms with Crippen molar-refractivity contribution in [2.75, 3.05) is 26.9 Å². The lowest BCUT2D eigenvalue weighted by atomic mass is 10.0. The molecule has 0 aliphatic rings. The van der Waals surface area contributed by atoms with Gasteiger partial charge in [0.2, 0.25) is 0 Å². The molecule has 0 fully saturated rings. The van der Waals surface area contributed by atoms with Gasteiger partial charge in [0.25, 0.3) is 0 Å². The summed E-state index contributed by atoms with van der Waals surface area (Å²) in [6.07, 6.45) is 0. The Hall–Kier alpha value is -1.14. The highest BCUT2D eigenvalue weighted by atomic mass is 16.5. The van der Waals surface area contributed by atoms with E-state index in [4.69, 9.17) is 20.1 Å². The summed E-state index contributed by atoms with van der Waals surface area (Å²) in [5.74, 6) is 0.742. The van der Waals surface area contributed by atoms with Gasteiger partial charge >= 0.3 is 0 Å². The Morgan fingerprint density at radius 3 is 2.35 bits per heavy atom. The predicted octanol–water partition coefficient (Wildman–Crippen LogP) is -0.500. The van der Waals surface area contributed by atoms with Gasteiger partial charge in [-0.1, -0.05) is 12.1 Å². The SMILES string of the molecule is COc1cccc(CNC(CO)(CO)CO)c1. The molecule has 1 rings (SSSR count). The molecule has 0 aliphatic carbocycles. The van der Waals surface area contributed by atoms with Crippen molar-refractivity contribution in [3.63, 3.8) is 0 Å². The van der Waals surface area contributed by atoms with Crippen molar-refractivity contribution in [2.24, 2.45) is 0 Å². The average Bonchev–Trinajstić information content (AvgIpc) is 2.41. The molecule has 0 atom stereocenters. The second-order valence-corrected chi connectivity index (χ2v) is 3.96. The quantitative estimate of drug-likeness (QED) is 0.517. The van der Waals surface area contributed by atoms with Crippen molar-refractivity contribution in [3.05, 3.63) is 29.8 Å². The van der Waals surface area contributed by atoms with Crippen LogP contribution in [0.25, 0.3) is 0 Å². The molecule has 4 N–H and O–H groups in total. The van der Waals surface area contributed by atoms with Crippen molar-refractivity contribution >= 4 is 0 Å². The Bertz CT molecular complexity index is 331. The molecule has 0 saturated heterocycles. The van der Waals surface area contributed by atoms with Gasteiger partial charge in [-0.3, -0.25) is 0 Å². The number of rotatable bonds is 7. The molecule has 5 nitrogen and oxygen atoms in total. The number of nitrogens with one attached hydrogen (secondary N) is 1. The lowest BCUT2D eigenvalue weighted by Gasteiger charge is -2.28. The summed E-state index contributed by atoms with van der Waals surface area (Å²) in [5, 5.41) is 30.4. The third kappa shape index (κ3) is 3.67. The van der Waals surface area contributed by atoms with E-state index in [0.717, 1.165) is 11.3 Å². The Labute approximate surface area is 101 Å². The van der Waals surface area contributed by atoms with Crippen LogP contribution in [0.5, 0.6) is 5.75 Å². The van der Waals surface area contributed by atoms with E-state index < -0.39 is 5.54 Å². The Balaban J connectivity index is 2.65. The van der Waals surface area contributed by atoms with Gasteiger partial charge in [-0.25, -0.2) is 0 Å². The maximum absolute atomic E-state index is 9.15. The zero-order chi connectivity index (χ0) is 12.7. The zero-order valence-electron chi connectivity index (χ0n) is 9.89. The van der Waals surface area contributed by atoms with Gasteiger partial charge in [0.15, 0.2) is 0 Å². The van der Waals surface area contributed by atoms with E-state index in [0.29, 0.717) is 6.54 Å². The first kappa shape index (κ1) is 13.9. The molecule has 1 aromatic rings. The first-order valence-electron chi connectivity index (χ1n) is 5.40. The fourth-order valence-electron chi connectivity index (χ4n) is 1.39. The van der Waals surface area contributed by atoms with E-state index in [2.05, 4.69) is 5.32 Å². The normalized spacial score (nSPS) is 11.5. The Morgan fingerprint density at radius 2 is 1.82 bits per heavy atom. The summed E-state index contributed by atoms with van der Waals surface area (Å²) in [4.78, 5) is 0. The number of methoxy groups -OCH3 is 1. The highest BCUT2D eigenvalue weighted by molar-refractivity contribution is 5.28. The molecule has 17 heavy (non-hydrogen) atoms. The molecular weight excluding hydrogens is 222 g/mol. The monoisotopic (exact) mass is 241 g/mol. The van der Waals surface area contributed by atoms with Gasteiger partial charge in [0, 0.05) is 6.54 Å². The van der Waals surface area contributed by atoms with Gasteiger partial charge in [-0.05, 0) is 17.7 Å². The minimum atomic E-state index is -1.05. The summed E-state index contributed by atoms with van der Waals surface area (Å²) in [7, 11) is 1.59. The van der Waals surface area contributed by atoms with Crippen LogP contribution >= 0.6 is 0 Å². The maximum atomic E-state index is 9.15. The Kier molecular flexibility index (Phi) is 5.37. The van der Waals surface area contributed by atoms with Crippen LogP contribution in [-0.4, -0.2) is 47.8 Å². The van der Waals surface area contributed by atoms with Crippen LogP contribution < -0.4 is 10.1 Å². The van der Waals surface area contributed by atoms with E-state index in [9.17, 15) is 0 Å². The van der Waals surface area contributed by atoms with Crippen LogP contribution in [0.15, 0.2) is 24.3 Å². The molecule has 0 amide bonds. The molecule has 0 aliphatic heterocycles. The third-order valence-electron chi connectivity index (χ3n) is 2.71. The zero-order valence-corrected chi connectivity index (χ0v) is 9.89. The summed E-state index contributed by atoms with van der Waals surface area (Å²) in [5.41, 5.74) is -0.104. The lowest BCUT2D eigenvalue weighted by molar-refractivity contribution is 0.0414. The second kappa shape index (κ2) is 6.56. The second-order valence-electron chi connectivity index (χ2n) is 3.96. The molecule has 96 valence electrons. The first-order chi connectivity index (χ1) is 8.19. The number of aliphatic hydroxyl groups excluding tert-OH is 3. The fourth-order valence-corrected chi connectivity index (χ4v) is 1.39. The average molecular weight is 241 g/mol. The molecule has 0 radical (unpaired) electrons. The molecule has 0 unspecified atom stereocenters. The minimum absolute atomic E-state index is 0.329. The van der Waals surface area contributed by atoms with Crippen molar-refractivity contribution in [3.8, 4) is 5.75 Å². The van der Waals surface area contributed by atoms with Crippen molar-refractivity contribution in [1.82, 2.24) is 5.32 Å². The molecule has 0 bridgehead atoms. The molecular formula is C12H19NO4. The topological polar surface area (TPSA) is 82.0 Å². The summed E-state index contributed by atoms with van der Waals surface area (Å²) >= 11 is 0. The highest BCUT2D eigenvalue weighted by Gasteiger charge is 2.26. The molecule has 5 heteroatoms. The van der Waals surface area contributed by atoms with Crippen LogP contribution in [0.1, 0.15) is 5.56 Å².